The Labute approximate surface area is 152 Å². The molecule has 1 saturated heterocycles. The standard InChI is InChI=1S/C19H32BNO4/c1-12(2)15-14(20-24-18(7,8)19(9,10)25-20)11-13(3)21(15)16(22)23-17(4,5)6/h11-12H,1-10H3. The molecule has 1 aliphatic heterocycles. The first-order valence-electron chi connectivity index (χ1n) is 8.97. The van der Waals surface area contributed by atoms with E-state index in [1.807, 2.05) is 61.5 Å². The Balaban J connectivity index is 2.49. The van der Waals surface area contributed by atoms with E-state index < -0.39 is 23.9 Å². The molecule has 6 heteroatoms. The number of carbonyl (C=O) groups is 1. The first-order valence-corrected chi connectivity index (χ1v) is 8.97. The molecule has 0 aromatic carbocycles. The predicted octanol–water partition coefficient (Wildman–Crippen LogP) is 4.00. The maximum atomic E-state index is 12.7. The van der Waals surface area contributed by atoms with Crippen molar-refractivity contribution in [3.05, 3.63) is 17.5 Å². The predicted molar refractivity (Wildman–Crippen MR) is 101 cm³/mol. The smallest absolute Gasteiger partial charge is 0.443 e. The van der Waals surface area contributed by atoms with Gasteiger partial charge >= 0.3 is 13.2 Å². The van der Waals surface area contributed by atoms with Crippen LogP contribution < -0.4 is 5.46 Å². The minimum Gasteiger partial charge on any atom is -0.443 e. The van der Waals surface area contributed by atoms with Crippen molar-refractivity contribution in [3.8, 4) is 0 Å². The Bertz CT molecular complexity index is 652. The molecule has 0 aliphatic carbocycles. The number of carbonyl (C=O) groups excluding carboxylic acids is 1. The van der Waals surface area contributed by atoms with Crippen molar-refractivity contribution in [2.75, 3.05) is 0 Å². The second-order valence-corrected chi connectivity index (χ2v) is 9.19. The van der Waals surface area contributed by atoms with Gasteiger partial charge in [0, 0.05) is 16.9 Å². The number of rotatable bonds is 2. The topological polar surface area (TPSA) is 49.7 Å². The molecule has 1 aliphatic rings. The van der Waals surface area contributed by atoms with Crippen molar-refractivity contribution in [2.45, 2.75) is 92.0 Å². The van der Waals surface area contributed by atoms with Crippen molar-refractivity contribution in [2.24, 2.45) is 0 Å². The van der Waals surface area contributed by atoms with Crippen LogP contribution in [0.1, 0.15) is 79.6 Å². The molecule has 0 spiro atoms. The molecule has 1 fully saturated rings. The molecule has 0 unspecified atom stereocenters. The lowest BCUT2D eigenvalue weighted by Gasteiger charge is -2.32. The summed E-state index contributed by atoms with van der Waals surface area (Å²) in [6.45, 7) is 19.7. The van der Waals surface area contributed by atoms with Crippen molar-refractivity contribution in [3.63, 3.8) is 0 Å². The largest absolute Gasteiger partial charge is 0.496 e. The lowest BCUT2D eigenvalue weighted by molar-refractivity contribution is 0.00578. The zero-order valence-electron chi connectivity index (χ0n) is 17.3. The van der Waals surface area contributed by atoms with E-state index in [4.69, 9.17) is 14.0 Å². The van der Waals surface area contributed by atoms with E-state index in [-0.39, 0.29) is 12.0 Å². The van der Waals surface area contributed by atoms with Crippen LogP contribution in [0, 0.1) is 6.92 Å². The number of hydrogen-bond acceptors (Lipinski definition) is 4. The van der Waals surface area contributed by atoms with Gasteiger partial charge in [-0.05, 0) is 67.4 Å². The lowest BCUT2D eigenvalue weighted by atomic mass is 9.77. The lowest BCUT2D eigenvalue weighted by Crippen LogP contribution is -2.41. The van der Waals surface area contributed by atoms with E-state index in [1.165, 1.54) is 0 Å². The van der Waals surface area contributed by atoms with Gasteiger partial charge in [0.1, 0.15) is 5.60 Å². The Morgan fingerprint density at radius 2 is 1.64 bits per heavy atom. The molecule has 0 atom stereocenters. The molecule has 0 N–H and O–H groups in total. The third kappa shape index (κ3) is 3.80. The Kier molecular flexibility index (Phi) is 4.95. The van der Waals surface area contributed by atoms with Gasteiger partial charge in [-0.3, -0.25) is 4.57 Å². The van der Waals surface area contributed by atoms with Crippen molar-refractivity contribution in [1.82, 2.24) is 4.57 Å². The third-order valence-corrected chi connectivity index (χ3v) is 4.88. The van der Waals surface area contributed by atoms with Gasteiger partial charge in [0.05, 0.1) is 11.2 Å². The fourth-order valence-corrected chi connectivity index (χ4v) is 2.98. The Morgan fingerprint density at radius 1 is 1.16 bits per heavy atom. The van der Waals surface area contributed by atoms with E-state index in [2.05, 4.69) is 13.8 Å². The average Bonchev–Trinajstić information content (AvgIpc) is 2.82. The van der Waals surface area contributed by atoms with Gasteiger partial charge in [0.2, 0.25) is 0 Å². The molecular formula is C19H32BNO4. The molecule has 140 valence electrons. The summed E-state index contributed by atoms with van der Waals surface area (Å²) in [6.07, 6.45) is -0.364. The number of aryl methyl sites for hydroxylation is 1. The molecular weight excluding hydrogens is 317 g/mol. The Hall–Kier alpha value is -1.27. The van der Waals surface area contributed by atoms with E-state index in [0.717, 1.165) is 16.9 Å². The zero-order chi connectivity index (χ0) is 19.4. The van der Waals surface area contributed by atoms with Gasteiger partial charge in [-0.25, -0.2) is 4.79 Å². The molecule has 2 heterocycles. The van der Waals surface area contributed by atoms with Crippen LogP contribution in [0.15, 0.2) is 6.07 Å². The Morgan fingerprint density at radius 3 is 2.04 bits per heavy atom. The highest BCUT2D eigenvalue weighted by atomic mass is 16.7. The monoisotopic (exact) mass is 349 g/mol. The SMILES string of the molecule is Cc1cc(B2OC(C)(C)C(C)(C)O2)c(C(C)C)n1C(=O)OC(C)(C)C. The van der Waals surface area contributed by atoms with Crippen molar-refractivity contribution in [1.29, 1.82) is 0 Å². The first-order chi connectivity index (χ1) is 11.2. The van der Waals surface area contributed by atoms with Gasteiger partial charge in [-0.15, -0.1) is 0 Å². The number of nitrogens with zero attached hydrogens (tertiary/aromatic N) is 1. The molecule has 0 radical (unpaired) electrons. The highest BCUT2D eigenvalue weighted by Crippen LogP contribution is 2.37. The normalized spacial score (nSPS) is 19.6. The molecule has 0 amide bonds. The second kappa shape index (κ2) is 6.17. The summed E-state index contributed by atoms with van der Waals surface area (Å²) >= 11 is 0. The summed E-state index contributed by atoms with van der Waals surface area (Å²) in [5, 5.41) is 0. The third-order valence-electron chi connectivity index (χ3n) is 4.88. The van der Waals surface area contributed by atoms with Crippen LogP contribution in [0.5, 0.6) is 0 Å². The summed E-state index contributed by atoms with van der Waals surface area (Å²) in [6, 6.07) is 1.97. The van der Waals surface area contributed by atoms with Crippen LogP contribution in [0.3, 0.4) is 0 Å². The highest BCUT2D eigenvalue weighted by Gasteiger charge is 2.53. The molecule has 1 aromatic rings. The van der Waals surface area contributed by atoms with Crippen LogP contribution in [0.2, 0.25) is 0 Å². The number of aromatic nitrogens is 1. The summed E-state index contributed by atoms with van der Waals surface area (Å²) in [4.78, 5) is 12.7. The van der Waals surface area contributed by atoms with Crippen LogP contribution in [0.25, 0.3) is 0 Å². The van der Waals surface area contributed by atoms with Crippen LogP contribution >= 0.6 is 0 Å². The maximum Gasteiger partial charge on any atom is 0.496 e. The molecule has 1 aromatic heterocycles. The highest BCUT2D eigenvalue weighted by molar-refractivity contribution is 6.62. The second-order valence-electron chi connectivity index (χ2n) is 9.19. The quantitative estimate of drug-likeness (QED) is 0.757. The van der Waals surface area contributed by atoms with Gasteiger partial charge in [0.25, 0.3) is 0 Å². The number of hydrogen-bond donors (Lipinski definition) is 0. The van der Waals surface area contributed by atoms with E-state index >= 15 is 0 Å². The summed E-state index contributed by atoms with van der Waals surface area (Å²) < 4.78 is 19.6. The fraction of sp³-hybridized carbons (Fsp3) is 0.737. The van der Waals surface area contributed by atoms with Crippen LogP contribution in [0.4, 0.5) is 4.79 Å². The van der Waals surface area contributed by atoms with Gasteiger partial charge in [0.15, 0.2) is 0 Å². The average molecular weight is 349 g/mol. The maximum absolute atomic E-state index is 12.7. The summed E-state index contributed by atoms with van der Waals surface area (Å²) in [7, 11) is -0.496. The van der Waals surface area contributed by atoms with E-state index in [9.17, 15) is 4.79 Å². The van der Waals surface area contributed by atoms with Crippen molar-refractivity contribution >= 4 is 18.7 Å². The van der Waals surface area contributed by atoms with E-state index in [1.54, 1.807) is 4.57 Å². The van der Waals surface area contributed by atoms with Gasteiger partial charge in [-0.2, -0.15) is 0 Å². The van der Waals surface area contributed by atoms with E-state index in [0.29, 0.717) is 0 Å². The number of ether oxygens (including phenoxy) is 1. The summed E-state index contributed by atoms with van der Waals surface area (Å²) in [5.74, 6) is 0.121. The molecule has 0 saturated carbocycles. The minimum atomic E-state index is -0.549. The fourth-order valence-electron chi connectivity index (χ4n) is 2.98. The minimum absolute atomic E-state index is 0.121. The van der Waals surface area contributed by atoms with Crippen LogP contribution in [-0.2, 0) is 14.0 Å². The summed E-state index contributed by atoms with van der Waals surface area (Å²) in [5.41, 5.74) is 1.21. The zero-order valence-corrected chi connectivity index (χ0v) is 17.3. The van der Waals surface area contributed by atoms with Crippen LogP contribution in [-0.4, -0.2) is 34.6 Å². The van der Waals surface area contributed by atoms with Gasteiger partial charge < -0.3 is 14.0 Å². The first kappa shape index (κ1) is 20.1. The van der Waals surface area contributed by atoms with Crippen molar-refractivity contribution < 1.29 is 18.8 Å². The molecule has 25 heavy (non-hydrogen) atoms. The molecule has 0 bridgehead atoms. The molecule has 2 rings (SSSR count). The molecule has 5 nitrogen and oxygen atoms in total. The van der Waals surface area contributed by atoms with Gasteiger partial charge in [-0.1, -0.05) is 13.8 Å².